The highest BCUT2D eigenvalue weighted by Gasteiger charge is 2.26. The first-order valence-corrected chi connectivity index (χ1v) is 9.64. The molecule has 0 fully saturated rings. The monoisotopic (exact) mass is 381 g/mol. The molecule has 0 saturated heterocycles. The number of hydrogen-bond donors (Lipinski definition) is 1. The number of nitrogens with one attached hydrogen (secondary N) is 1. The van der Waals surface area contributed by atoms with Crippen molar-refractivity contribution in [3.05, 3.63) is 71.8 Å². The first kappa shape index (κ1) is 19.0. The molecule has 1 atom stereocenters. The van der Waals surface area contributed by atoms with Gasteiger partial charge >= 0.3 is 5.97 Å². The van der Waals surface area contributed by atoms with E-state index in [1.54, 1.807) is 11.8 Å². The molecular formula is C21H23N3O2S. The highest BCUT2D eigenvalue weighted by Crippen LogP contribution is 2.39. The van der Waals surface area contributed by atoms with Gasteiger partial charge in [0.2, 0.25) is 0 Å². The predicted molar refractivity (Wildman–Crippen MR) is 111 cm³/mol. The van der Waals surface area contributed by atoms with Crippen LogP contribution in [0.25, 0.3) is 0 Å². The summed E-state index contributed by atoms with van der Waals surface area (Å²) in [7, 11) is 0. The average molecular weight is 382 g/mol. The van der Waals surface area contributed by atoms with Gasteiger partial charge < -0.3 is 10.1 Å². The summed E-state index contributed by atoms with van der Waals surface area (Å²) >= 11 is 1.69. The average Bonchev–Trinajstić information content (AvgIpc) is 3.10. The number of fused-ring (bicyclic) bond motifs is 1. The van der Waals surface area contributed by atoms with Crippen LogP contribution in [0.1, 0.15) is 16.7 Å². The smallest absolute Gasteiger partial charge is 0.330 e. The van der Waals surface area contributed by atoms with Gasteiger partial charge in [0.25, 0.3) is 0 Å². The minimum atomic E-state index is -0.427. The Hall–Kier alpha value is -2.73. The zero-order valence-electron chi connectivity index (χ0n) is 15.5. The standard InChI is InChI=1S/C21H23N3O2S/c1-4-20(25)26-12-11-24(21-23-18-7-5-6-8-19(18)27-21)22-14-17-13-15(2)9-10-16(17)3/h4-10,13-14,21,23H,1,11-12H2,2-3H3/b22-14+. The van der Waals surface area contributed by atoms with E-state index in [1.165, 1.54) is 16.5 Å². The van der Waals surface area contributed by atoms with Crippen LogP contribution in [0.2, 0.25) is 0 Å². The van der Waals surface area contributed by atoms with E-state index in [0.717, 1.165) is 16.8 Å². The van der Waals surface area contributed by atoms with Gasteiger partial charge in [-0.1, -0.05) is 54.2 Å². The Morgan fingerprint density at radius 2 is 2.15 bits per heavy atom. The molecule has 0 saturated carbocycles. The number of aryl methyl sites for hydroxylation is 2. The Morgan fingerprint density at radius 1 is 1.33 bits per heavy atom. The maximum atomic E-state index is 11.3. The van der Waals surface area contributed by atoms with E-state index in [1.807, 2.05) is 29.4 Å². The quantitative estimate of drug-likeness (QED) is 0.338. The number of benzene rings is 2. The number of carbonyl (C=O) groups excluding carboxylic acids is 1. The third-order valence-corrected chi connectivity index (χ3v) is 5.38. The van der Waals surface area contributed by atoms with Crippen LogP contribution in [0.3, 0.4) is 0 Å². The topological polar surface area (TPSA) is 53.9 Å². The van der Waals surface area contributed by atoms with Crippen molar-refractivity contribution in [3.8, 4) is 0 Å². The Balaban J connectivity index is 1.75. The fourth-order valence-corrected chi connectivity index (χ4v) is 3.80. The largest absolute Gasteiger partial charge is 0.461 e. The second kappa shape index (κ2) is 8.77. The van der Waals surface area contributed by atoms with Gasteiger partial charge in [0, 0.05) is 11.0 Å². The Kier molecular flexibility index (Phi) is 6.19. The number of ether oxygens (including phenoxy) is 1. The number of hydrogen-bond acceptors (Lipinski definition) is 6. The lowest BCUT2D eigenvalue weighted by atomic mass is 10.1. The molecule has 2 aromatic rings. The van der Waals surface area contributed by atoms with E-state index in [0.29, 0.717) is 6.54 Å². The molecule has 1 unspecified atom stereocenters. The van der Waals surface area contributed by atoms with Gasteiger partial charge in [0.15, 0.2) is 5.50 Å². The predicted octanol–water partition coefficient (Wildman–Crippen LogP) is 4.17. The van der Waals surface area contributed by atoms with Crippen LogP contribution in [-0.2, 0) is 9.53 Å². The molecular weight excluding hydrogens is 358 g/mol. The van der Waals surface area contributed by atoms with Crippen molar-refractivity contribution < 1.29 is 9.53 Å². The highest BCUT2D eigenvalue weighted by atomic mass is 32.2. The molecule has 5 nitrogen and oxygen atoms in total. The molecule has 0 radical (unpaired) electrons. The number of nitrogens with zero attached hydrogens (tertiary/aromatic N) is 2. The van der Waals surface area contributed by atoms with Gasteiger partial charge in [-0.15, -0.1) is 0 Å². The molecule has 1 N–H and O–H groups in total. The second-order valence-corrected chi connectivity index (χ2v) is 7.37. The first-order valence-electron chi connectivity index (χ1n) is 8.76. The highest BCUT2D eigenvalue weighted by molar-refractivity contribution is 8.00. The summed E-state index contributed by atoms with van der Waals surface area (Å²) < 4.78 is 5.14. The molecule has 0 amide bonds. The Bertz CT molecular complexity index is 841. The van der Waals surface area contributed by atoms with Crippen molar-refractivity contribution in [2.24, 2.45) is 5.10 Å². The third-order valence-electron chi connectivity index (χ3n) is 4.19. The van der Waals surface area contributed by atoms with E-state index in [9.17, 15) is 4.79 Å². The summed E-state index contributed by atoms with van der Waals surface area (Å²) in [6.07, 6.45) is 3.03. The van der Waals surface area contributed by atoms with Gasteiger partial charge in [-0.3, -0.25) is 5.01 Å². The molecule has 140 valence electrons. The van der Waals surface area contributed by atoms with Gasteiger partial charge in [-0.2, -0.15) is 5.10 Å². The van der Waals surface area contributed by atoms with E-state index in [2.05, 4.69) is 50.0 Å². The minimum Gasteiger partial charge on any atom is -0.461 e. The van der Waals surface area contributed by atoms with Crippen LogP contribution in [0.4, 0.5) is 5.69 Å². The van der Waals surface area contributed by atoms with Gasteiger partial charge in [0.1, 0.15) is 6.61 Å². The lowest BCUT2D eigenvalue weighted by molar-refractivity contribution is -0.138. The van der Waals surface area contributed by atoms with Crippen molar-refractivity contribution in [3.63, 3.8) is 0 Å². The summed E-state index contributed by atoms with van der Waals surface area (Å²) in [6, 6.07) is 14.4. The van der Waals surface area contributed by atoms with Crippen LogP contribution in [0.5, 0.6) is 0 Å². The summed E-state index contributed by atoms with van der Waals surface area (Å²) in [5.41, 5.74) is 4.45. The maximum absolute atomic E-state index is 11.3. The molecule has 0 aromatic heterocycles. The maximum Gasteiger partial charge on any atom is 0.330 e. The SMILES string of the molecule is C=CC(=O)OCCN(/N=C/c1cc(C)ccc1C)C1Nc2ccccc2S1. The van der Waals surface area contributed by atoms with Crippen molar-refractivity contribution in [1.29, 1.82) is 0 Å². The van der Waals surface area contributed by atoms with Crippen molar-refractivity contribution in [1.82, 2.24) is 5.01 Å². The van der Waals surface area contributed by atoms with Crippen LogP contribution < -0.4 is 5.32 Å². The van der Waals surface area contributed by atoms with Crippen LogP contribution in [0.15, 0.2) is 65.1 Å². The van der Waals surface area contributed by atoms with Crippen LogP contribution in [0, 0.1) is 13.8 Å². The van der Waals surface area contributed by atoms with Crippen molar-refractivity contribution in [2.75, 3.05) is 18.5 Å². The summed E-state index contributed by atoms with van der Waals surface area (Å²) in [5, 5.41) is 10.1. The van der Waals surface area contributed by atoms with Crippen LogP contribution >= 0.6 is 11.8 Å². The zero-order valence-corrected chi connectivity index (χ0v) is 16.3. The van der Waals surface area contributed by atoms with Gasteiger partial charge in [-0.05, 0) is 37.1 Å². The minimum absolute atomic E-state index is 0.0637. The lowest BCUT2D eigenvalue weighted by Gasteiger charge is -2.25. The van der Waals surface area contributed by atoms with Gasteiger partial charge in [0.05, 0.1) is 18.4 Å². The molecule has 6 heteroatoms. The molecule has 1 aliphatic heterocycles. The molecule has 0 aliphatic carbocycles. The van der Waals surface area contributed by atoms with Crippen molar-refractivity contribution in [2.45, 2.75) is 24.2 Å². The van der Waals surface area contributed by atoms with E-state index in [-0.39, 0.29) is 12.1 Å². The summed E-state index contributed by atoms with van der Waals surface area (Å²) in [6.45, 7) is 8.26. The Labute approximate surface area is 164 Å². The number of para-hydroxylation sites is 1. The van der Waals surface area contributed by atoms with E-state index >= 15 is 0 Å². The fourth-order valence-electron chi connectivity index (χ4n) is 2.68. The molecule has 1 heterocycles. The van der Waals surface area contributed by atoms with Gasteiger partial charge in [-0.25, -0.2) is 4.79 Å². The normalized spacial score (nSPS) is 15.3. The zero-order chi connectivity index (χ0) is 19.2. The molecule has 2 aromatic carbocycles. The number of esters is 1. The number of thioether (sulfide) groups is 1. The summed E-state index contributed by atoms with van der Waals surface area (Å²) in [4.78, 5) is 12.5. The number of carbonyl (C=O) groups is 1. The van der Waals surface area contributed by atoms with E-state index in [4.69, 9.17) is 9.84 Å². The number of hydrazone groups is 1. The number of rotatable bonds is 7. The fraction of sp³-hybridized carbons (Fsp3) is 0.238. The molecule has 27 heavy (non-hydrogen) atoms. The number of anilines is 1. The summed E-state index contributed by atoms with van der Waals surface area (Å²) in [5.74, 6) is -0.427. The second-order valence-electron chi connectivity index (χ2n) is 6.25. The molecule has 3 rings (SSSR count). The molecule has 0 spiro atoms. The first-order chi connectivity index (χ1) is 13.1. The van der Waals surface area contributed by atoms with Crippen molar-refractivity contribution >= 4 is 29.6 Å². The molecule has 0 bridgehead atoms. The Morgan fingerprint density at radius 3 is 2.93 bits per heavy atom. The molecule has 1 aliphatic rings. The van der Waals surface area contributed by atoms with Crippen LogP contribution in [-0.4, -0.2) is 35.8 Å². The third kappa shape index (κ3) is 4.92. The lowest BCUT2D eigenvalue weighted by Crippen LogP contribution is -2.35. The van der Waals surface area contributed by atoms with E-state index < -0.39 is 5.97 Å².